The monoisotopic (exact) mass is 408 g/mol. The fraction of sp³-hybridized carbons (Fsp3) is 0.238. The second-order valence-electron chi connectivity index (χ2n) is 6.60. The molecule has 0 amide bonds. The highest BCUT2D eigenvalue weighted by Gasteiger charge is 2.20. The van der Waals surface area contributed by atoms with Gasteiger partial charge in [0.05, 0.1) is 18.4 Å². The van der Waals surface area contributed by atoms with Crippen LogP contribution in [0.4, 0.5) is 0 Å². The number of fused-ring (bicyclic) bond motifs is 1. The third-order valence-corrected chi connectivity index (χ3v) is 5.80. The molecule has 4 aromatic rings. The molecule has 0 aliphatic carbocycles. The Bertz CT molecular complexity index is 1220. The summed E-state index contributed by atoms with van der Waals surface area (Å²) in [4.78, 5) is 37.6. The topological polar surface area (TPSA) is 89.9 Å². The van der Waals surface area contributed by atoms with Crippen molar-refractivity contribution in [2.45, 2.75) is 26.8 Å². The molecule has 0 fully saturated rings. The Morgan fingerprint density at radius 2 is 2.07 bits per heavy atom. The van der Waals surface area contributed by atoms with Crippen LogP contribution in [0.3, 0.4) is 0 Å². The van der Waals surface area contributed by atoms with Gasteiger partial charge in [-0.1, -0.05) is 30.3 Å². The molecule has 1 aromatic carbocycles. The quantitative estimate of drug-likeness (QED) is 0.495. The number of esters is 1. The van der Waals surface area contributed by atoms with Crippen LogP contribution in [0.25, 0.3) is 10.2 Å². The summed E-state index contributed by atoms with van der Waals surface area (Å²) >= 11 is 1.19. The van der Waals surface area contributed by atoms with Crippen LogP contribution in [0.2, 0.25) is 0 Å². The molecule has 0 aliphatic rings. The zero-order chi connectivity index (χ0) is 20.4. The van der Waals surface area contributed by atoms with Crippen LogP contribution in [-0.2, 0) is 17.7 Å². The largest absolute Gasteiger partial charge is 0.462 e. The van der Waals surface area contributed by atoms with E-state index in [4.69, 9.17) is 4.74 Å². The van der Waals surface area contributed by atoms with Crippen molar-refractivity contribution in [3.8, 4) is 0 Å². The molecule has 148 valence electrons. The maximum Gasteiger partial charge on any atom is 0.348 e. The standard InChI is InChI=1S/C21H20N4O3S/c1-3-28-21(27)18-13(2)17-19(26)23-15(24-20(17)29-18)11-16-22-9-10-25(16)12-14-7-5-4-6-8-14/h4-10H,3,11-12H2,1-2H3,(H,23,24,26). The van der Waals surface area contributed by atoms with Crippen molar-refractivity contribution in [1.29, 1.82) is 0 Å². The minimum absolute atomic E-state index is 0.254. The molecule has 3 heterocycles. The van der Waals surface area contributed by atoms with Crippen molar-refractivity contribution in [2.24, 2.45) is 0 Å². The Balaban J connectivity index is 1.65. The number of aromatic amines is 1. The number of H-pyrrole nitrogens is 1. The van der Waals surface area contributed by atoms with Crippen molar-refractivity contribution in [1.82, 2.24) is 19.5 Å². The summed E-state index contributed by atoms with van der Waals surface area (Å²) in [5.41, 5.74) is 1.52. The van der Waals surface area contributed by atoms with Crippen LogP contribution in [0, 0.1) is 6.92 Å². The minimum atomic E-state index is -0.424. The molecule has 0 saturated heterocycles. The van der Waals surface area contributed by atoms with E-state index in [0.29, 0.717) is 39.4 Å². The lowest BCUT2D eigenvalue weighted by atomic mass is 10.2. The maximum absolute atomic E-state index is 12.7. The number of thiophene rings is 1. The lowest BCUT2D eigenvalue weighted by molar-refractivity contribution is 0.0531. The fourth-order valence-corrected chi connectivity index (χ4v) is 4.34. The number of benzene rings is 1. The molecule has 4 rings (SSSR count). The van der Waals surface area contributed by atoms with Gasteiger partial charge in [0.15, 0.2) is 0 Å². The first kappa shape index (κ1) is 19.1. The van der Waals surface area contributed by atoms with Gasteiger partial charge in [0.2, 0.25) is 0 Å². The zero-order valence-electron chi connectivity index (χ0n) is 16.1. The number of carbonyl (C=O) groups is 1. The molecule has 0 saturated carbocycles. The lowest BCUT2D eigenvalue weighted by Gasteiger charge is -2.08. The van der Waals surface area contributed by atoms with Crippen LogP contribution in [0.1, 0.15) is 39.4 Å². The van der Waals surface area contributed by atoms with E-state index in [0.717, 1.165) is 11.4 Å². The number of carbonyl (C=O) groups excluding carboxylic acids is 1. The number of imidazole rings is 1. The average molecular weight is 408 g/mol. The van der Waals surface area contributed by atoms with Gasteiger partial charge in [-0.15, -0.1) is 11.3 Å². The normalized spacial score (nSPS) is 11.1. The average Bonchev–Trinajstić information content (AvgIpc) is 3.27. The van der Waals surface area contributed by atoms with E-state index in [-0.39, 0.29) is 12.2 Å². The van der Waals surface area contributed by atoms with E-state index < -0.39 is 5.97 Å². The molecule has 1 N–H and O–H groups in total. The smallest absolute Gasteiger partial charge is 0.348 e. The van der Waals surface area contributed by atoms with E-state index in [1.165, 1.54) is 11.3 Å². The molecule has 3 aromatic heterocycles. The van der Waals surface area contributed by atoms with Crippen LogP contribution in [-0.4, -0.2) is 32.1 Å². The summed E-state index contributed by atoms with van der Waals surface area (Å²) in [5.74, 6) is 0.891. The summed E-state index contributed by atoms with van der Waals surface area (Å²) in [6.07, 6.45) is 4.03. The maximum atomic E-state index is 12.7. The number of nitrogens with zero attached hydrogens (tertiary/aromatic N) is 3. The highest BCUT2D eigenvalue weighted by Crippen LogP contribution is 2.27. The van der Waals surface area contributed by atoms with Gasteiger partial charge in [0, 0.05) is 18.9 Å². The van der Waals surface area contributed by atoms with Gasteiger partial charge < -0.3 is 14.3 Å². The predicted octanol–water partition coefficient (Wildman–Crippen LogP) is 3.31. The van der Waals surface area contributed by atoms with E-state index in [9.17, 15) is 9.59 Å². The molecule has 0 bridgehead atoms. The van der Waals surface area contributed by atoms with Crippen molar-refractivity contribution in [3.05, 3.63) is 80.7 Å². The molecule has 0 aliphatic heterocycles. The van der Waals surface area contributed by atoms with Crippen LogP contribution in [0.5, 0.6) is 0 Å². The van der Waals surface area contributed by atoms with Crippen LogP contribution < -0.4 is 5.56 Å². The van der Waals surface area contributed by atoms with Crippen molar-refractivity contribution >= 4 is 27.5 Å². The van der Waals surface area contributed by atoms with Crippen molar-refractivity contribution in [3.63, 3.8) is 0 Å². The van der Waals surface area contributed by atoms with E-state index in [1.54, 1.807) is 20.0 Å². The highest BCUT2D eigenvalue weighted by atomic mass is 32.1. The zero-order valence-corrected chi connectivity index (χ0v) is 17.0. The molecule has 8 heteroatoms. The third kappa shape index (κ3) is 3.84. The number of hydrogen-bond donors (Lipinski definition) is 1. The van der Waals surface area contributed by atoms with Crippen LogP contribution in [0.15, 0.2) is 47.5 Å². The summed E-state index contributed by atoms with van der Waals surface area (Å²) in [5, 5.41) is 0.439. The molecular weight excluding hydrogens is 388 g/mol. The second-order valence-corrected chi connectivity index (χ2v) is 7.60. The van der Waals surface area contributed by atoms with Crippen LogP contribution >= 0.6 is 11.3 Å². The molecule has 0 spiro atoms. The van der Waals surface area contributed by atoms with E-state index in [1.807, 2.05) is 29.0 Å². The third-order valence-electron chi connectivity index (χ3n) is 4.63. The first-order chi connectivity index (χ1) is 14.1. The highest BCUT2D eigenvalue weighted by molar-refractivity contribution is 7.20. The number of hydrogen-bond acceptors (Lipinski definition) is 6. The number of rotatable bonds is 6. The molecule has 0 atom stereocenters. The van der Waals surface area contributed by atoms with E-state index in [2.05, 4.69) is 27.1 Å². The van der Waals surface area contributed by atoms with Crippen molar-refractivity contribution in [2.75, 3.05) is 6.61 Å². The summed E-state index contributed by atoms with van der Waals surface area (Å²) < 4.78 is 7.12. The van der Waals surface area contributed by atoms with Gasteiger partial charge in [-0.2, -0.15) is 0 Å². The molecule has 0 radical (unpaired) electrons. The van der Waals surface area contributed by atoms with Gasteiger partial charge in [-0.05, 0) is 25.0 Å². The van der Waals surface area contributed by atoms with Gasteiger partial charge in [-0.3, -0.25) is 4.79 Å². The Kier molecular flexibility index (Phi) is 5.26. The number of aryl methyl sites for hydroxylation is 1. The summed E-state index contributed by atoms with van der Waals surface area (Å²) in [6.45, 7) is 4.47. The first-order valence-corrected chi connectivity index (χ1v) is 10.1. The van der Waals surface area contributed by atoms with Crippen molar-refractivity contribution < 1.29 is 9.53 Å². The Morgan fingerprint density at radius 3 is 2.83 bits per heavy atom. The van der Waals surface area contributed by atoms with Gasteiger partial charge in [0.25, 0.3) is 5.56 Å². The number of aromatic nitrogens is 4. The first-order valence-electron chi connectivity index (χ1n) is 9.30. The lowest BCUT2D eigenvalue weighted by Crippen LogP contribution is -2.14. The number of nitrogens with one attached hydrogen (secondary N) is 1. The predicted molar refractivity (Wildman–Crippen MR) is 112 cm³/mol. The van der Waals surface area contributed by atoms with Gasteiger partial charge >= 0.3 is 5.97 Å². The molecule has 29 heavy (non-hydrogen) atoms. The second kappa shape index (κ2) is 8.00. The molecule has 7 nitrogen and oxygen atoms in total. The Hall–Kier alpha value is -3.26. The Labute approximate surface area is 171 Å². The number of ether oxygens (including phenoxy) is 1. The van der Waals surface area contributed by atoms with Gasteiger partial charge in [-0.25, -0.2) is 14.8 Å². The summed E-state index contributed by atoms with van der Waals surface area (Å²) in [7, 11) is 0. The summed E-state index contributed by atoms with van der Waals surface area (Å²) in [6, 6.07) is 10.1. The molecular formula is C21H20N4O3S. The fourth-order valence-electron chi connectivity index (χ4n) is 3.24. The minimum Gasteiger partial charge on any atom is -0.462 e. The SMILES string of the molecule is CCOC(=O)c1sc2nc(Cc3nccn3Cc3ccccc3)[nH]c(=O)c2c1C. The molecule has 0 unspecified atom stereocenters. The Morgan fingerprint density at radius 1 is 1.28 bits per heavy atom. The van der Waals surface area contributed by atoms with Gasteiger partial charge in [0.1, 0.15) is 21.4 Å². The van der Waals surface area contributed by atoms with E-state index >= 15 is 0 Å².